The number of fused-ring (bicyclic) bond motifs is 4. The smallest absolute Gasteiger partial charge is 0.134 e. The Labute approximate surface area is 232 Å². The Balaban J connectivity index is 1.70. The standard InChI is InChI=1S/C32H32N8/c1-37(2)17-19-39-25-13-9-21-5-7-23-11-15-27(35-31(23)29(21)33-25)40(20-18-38(3)4)28-16-12-24-8-6-22-10-14-26(39)34-30(22)32(24)36-28/h5-16H,17-20H2,1-4H3. The molecular formula is C32H32N8. The zero-order chi connectivity index (χ0) is 27.4. The van der Waals surface area contributed by atoms with Gasteiger partial charge in [-0.05, 0) is 76.7 Å². The fraction of sp³-hybridized carbons (Fsp3) is 0.250. The van der Waals surface area contributed by atoms with Crippen LogP contribution in [0, 0.1) is 0 Å². The molecule has 0 saturated heterocycles. The maximum Gasteiger partial charge on any atom is 0.134 e. The summed E-state index contributed by atoms with van der Waals surface area (Å²) in [4.78, 5) is 25.3. The van der Waals surface area contributed by atoms with Gasteiger partial charge in [0.05, 0.1) is 22.1 Å². The van der Waals surface area contributed by atoms with Crippen molar-refractivity contribution in [3.63, 3.8) is 0 Å². The molecule has 0 aliphatic rings. The molecule has 0 N–H and O–H groups in total. The number of hydrogen-bond donors (Lipinski definition) is 0. The van der Waals surface area contributed by atoms with Gasteiger partial charge in [0, 0.05) is 47.7 Å². The van der Waals surface area contributed by atoms with Gasteiger partial charge >= 0.3 is 0 Å². The number of pyridine rings is 4. The third kappa shape index (κ3) is 4.26. The minimum atomic E-state index is 0.745. The van der Waals surface area contributed by atoms with Crippen molar-refractivity contribution >= 4 is 66.2 Å². The van der Waals surface area contributed by atoms with Crippen LogP contribution in [0.2, 0.25) is 0 Å². The second-order valence-corrected chi connectivity index (χ2v) is 11.0. The van der Waals surface area contributed by atoms with E-state index in [9.17, 15) is 0 Å². The molecule has 5 aromatic heterocycles. The molecule has 7 aromatic rings. The van der Waals surface area contributed by atoms with Gasteiger partial charge < -0.3 is 18.9 Å². The van der Waals surface area contributed by atoms with E-state index in [1.807, 2.05) is 0 Å². The van der Waals surface area contributed by atoms with E-state index in [1.54, 1.807) is 0 Å². The number of likely N-dealkylation sites (N-methyl/N-ethyl adjacent to an activating group) is 2. The summed E-state index contributed by atoms with van der Waals surface area (Å²) >= 11 is 0. The molecule has 5 heterocycles. The molecule has 0 aliphatic carbocycles. The molecular weight excluding hydrogens is 496 g/mol. The highest BCUT2D eigenvalue weighted by Gasteiger charge is 2.11. The first-order chi connectivity index (χ1) is 19.4. The van der Waals surface area contributed by atoms with Gasteiger partial charge in [0.1, 0.15) is 22.6 Å². The molecule has 0 radical (unpaired) electrons. The molecule has 0 fully saturated rings. The van der Waals surface area contributed by atoms with Crippen molar-refractivity contribution in [3.8, 4) is 0 Å². The molecule has 8 nitrogen and oxygen atoms in total. The van der Waals surface area contributed by atoms with Gasteiger partial charge in [-0.15, -0.1) is 0 Å². The number of benzene rings is 2. The highest BCUT2D eigenvalue weighted by atomic mass is 15.1. The molecule has 8 heteroatoms. The molecule has 7 rings (SSSR count). The van der Waals surface area contributed by atoms with Crippen LogP contribution in [0.15, 0.2) is 72.8 Å². The summed E-state index contributed by atoms with van der Waals surface area (Å²) in [6.07, 6.45) is 0. The van der Waals surface area contributed by atoms with Gasteiger partial charge in [-0.25, -0.2) is 19.9 Å². The Morgan fingerprint density at radius 1 is 0.425 bits per heavy atom. The van der Waals surface area contributed by atoms with E-state index in [4.69, 9.17) is 19.9 Å². The van der Waals surface area contributed by atoms with Crippen molar-refractivity contribution in [1.29, 1.82) is 0 Å². The fourth-order valence-corrected chi connectivity index (χ4v) is 5.39. The predicted octanol–water partition coefficient (Wildman–Crippen LogP) is 5.47. The van der Waals surface area contributed by atoms with Gasteiger partial charge in [0.25, 0.3) is 0 Å². The lowest BCUT2D eigenvalue weighted by Gasteiger charge is -2.16. The maximum absolute atomic E-state index is 5.24. The summed E-state index contributed by atoms with van der Waals surface area (Å²) in [5, 5.41) is 4.25. The van der Waals surface area contributed by atoms with Crippen LogP contribution in [0.5, 0.6) is 0 Å². The van der Waals surface area contributed by atoms with Gasteiger partial charge in [0.15, 0.2) is 0 Å². The summed E-state index contributed by atoms with van der Waals surface area (Å²) in [5.41, 5.74) is 6.99. The summed E-state index contributed by atoms with van der Waals surface area (Å²) < 4.78 is 4.42. The van der Waals surface area contributed by atoms with Crippen molar-refractivity contribution in [2.45, 2.75) is 13.1 Å². The Kier molecular flexibility index (Phi) is 5.95. The average Bonchev–Trinajstić information content (AvgIpc) is 2.96. The molecule has 0 amide bonds. The number of rotatable bonds is 6. The predicted molar refractivity (Wildman–Crippen MR) is 165 cm³/mol. The minimum absolute atomic E-state index is 0.745. The highest BCUT2D eigenvalue weighted by Crippen LogP contribution is 2.27. The van der Waals surface area contributed by atoms with Gasteiger partial charge in [-0.3, -0.25) is 0 Å². The first kappa shape index (κ1) is 24.6. The van der Waals surface area contributed by atoms with E-state index in [2.05, 4.69) is 120 Å². The summed E-state index contributed by atoms with van der Waals surface area (Å²) in [6.45, 7) is 3.21. The van der Waals surface area contributed by atoms with E-state index >= 15 is 0 Å². The van der Waals surface area contributed by atoms with Crippen molar-refractivity contribution in [3.05, 3.63) is 72.8 Å². The van der Waals surface area contributed by atoms with Crippen LogP contribution >= 0.6 is 0 Å². The first-order valence-corrected chi connectivity index (χ1v) is 13.7. The number of aromatic nitrogens is 6. The van der Waals surface area contributed by atoms with Crippen LogP contribution in [-0.4, -0.2) is 80.2 Å². The Morgan fingerprint density at radius 3 is 0.925 bits per heavy atom. The van der Waals surface area contributed by atoms with Crippen molar-refractivity contribution < 1.29 is 0 Å². The van der Waals surface area contributed by atoms with Crippen molar-refractivity contribution in [2.24, 2.45) is 0 Å². The van der Waals surface area contributed by atoms with E-state index in [-0.39, 0.29) is 0 Å². The summed E-state index contributed by atoms with van der Waals surface area (Å²) in [7, 11) is 8.36. The summed E-state index contributed by atoms with van der Waals surface area (Å²) in [6, 6.07) is 25.5. The lowest BCUT2D eigenvalue weighted by Crippen LogP contribution is -2.19. The van der Waals surface area contributed by atoms with Crippen molar-refractivity contribution in [2.75, 3.05) is 41.3 Å². The molecule has 8 bridgehead atoms. The molecule has 0 spiro atoms. The van der Waals surface area contributed by atoms with E-state index < -0.39 is 0 Å². The lowest BCUT2D eigenvalue weighted by atomic mass is 10.1. The van der Waals surface area contributed by atoms with Gasteiger partial charge in [-0.1, -0.05) is 24.3 Å². The molecule has 0 saturated carbocycles. The number of nitrogens with zero attached hydrogens (tertiary/aromatic N) is 8. The second-order valence-electron chi connectivity index (χ2n) is 11.0. The average molecular weight is 529 g/mol. The monoisotopic (exact) mass is 528 g/mol. The topological polar surface area (TPSA) is 67.9 Å². The first-order valence-electron chi connectivity index (χ1n) is 13.7. The van der Waals surface area contributed by atoms with Gasteiger partial charge in [-0.2, -0.15) is 0 Å². The Hall–Kier alpha value is -4.40. The Morgan fingerprint density at radius 2 is 0.675 bits per heavy atom. The third-order valence-electron chi connectivity index (χ3n) is 7.63. The zero-order valence-electron chi connectivity index (χ0n) is 23.3. The Bertz CT molecular complexity index is 1800. The molecule has 40 heavy (non-hydrogen) atoms. The van der Waals surface area contributed by atoms with E-state index in [0.29, 0.717) is 0 Å². The number of hydrogen-bond acceptors (Lipinski definition) is 6. The molecule has 200 valence electrons. The van der Waals surface area contributed by atoms with Crippen LogP contribution in [0.1, 0.15) is 0 Å². The van der Waals surface area contributed by atoms with Crippen molar-refractivity contribution in [1.82, 2.24) is 38.9 Å². The van der Waals surface area contributed by atoms with Gasteiger partial charge in [0.2, 0.25) is 0 Å². The van der Waals surface area contributed by atoms with Crippen LogP contribution in [0.25, 0.3) is 66.2 Å². The quantitative estimate of drug-likeness (QED) is 0.267. The van der Waals surface area contributed by atoms with E-state index in [0.717, 1.165) is 92.4 Å². The van der Waals surface area contributed by atoms with Crippen LogP contribution in [0.4, 0.5) is 0 Å². The lowest BCUT2D eigenvalue weighted by molar-refractivity contribution is 0.388. The minimum Gasteiger partial charge on any atom is -0.310 e. The van der Waals surface area contributed by atoms with Crippen LogP contribution in [-0.2, 0) is 13.1 Å². The fourth-order valence-electron chi connectivity index (χ4n) is 5.39. The second kappa shape index (κ2) is 9.66. The summed E-state index contributed by atoms with van der Waals surface area (Å²) in [5.74, 6) is 0. The van der Waals surface area contributed by atoms with E-state index in [1.165, 1.54) is 0 Å². The normalized spacial score (nSPS) is 12.3. The van der Waals surface area contributed by atoms with Crippen LogP contribution < -0.4 is 0 Å². The zero-order valence-corrected chi connectivity index (χ0v) is 23.3. The molecule has 0 unspecified atom stereocenters. The maximum atomic E-state index is 5.24. The molecule has 0 aliphatic heterocycles. The highest BCUT2D eigenvalue weighted by molar-refractivity contribution is 6.05. The van der Waals surface area contributed by atoms with Crippen LogP contribution in [0.3, 0.4) is 0 Å². The SMILES string of the molecule is CN(C)CCn1c2ccc3ccc4ccc(nc4c3n2)n(CCN(C)C)c2ccc3ccc4ccc1nc4c3n2. The molecule has 0 atom stereocenters. The largest absolute Gasteiger partial charge is 0.310 e. The molecule has 2 aromatic carbocycles. The third-order valence-corrected chi connectivity index (χ3v) is 7.63.